The summed E-state index contributed by atoms with van der Waals surface area (Å²) in [6.07, 6.45) is 4.47. The maximum atomic E-state index is 12.1. The zero-order valence-electron chi connectivity index (χ0n) is 17.2. The van der Waals surface area contributed by atoms with Crippen LogP contribution in [0.4, 0.5) is 0 Å². The maximum Gasteiger partial charge on any atom is 0.253 e. The van der Waals surface area contributed by atoms with Crippen molar-refractivity contribution in [2.24, 2.45) is 5.92 Å². The van der Waals surface area contributed by atoms with E-state index >= 15 is 0 Å². The molecule has 0 bridgehead atoms. The van der Waals surface area contributed by atoms with Gasteiger partial charge in [-0.3, -0.25) is 33.7 Å². The highest BCUT2D eigenvalue weighted by Gasteiger charge is 2.24. The van der Waals surface area contributed by atoms with Crippen LogP contribution in [-0.4, -0.2) is 65.6 Å². The van der Waals surface area contributed by atoms with Crippen LogP contribution in [0.25, 0.3) is 0 Å². The quantitative estimate of drug-likeness (QED) is 0.195. The number of imide groups is 1. The van der Waals surface area contributed by atoms with Gasteiger partial charge in [0.25, 0.3) is 11.8 Å². The van der Waals surface area contributed by atoms with Gasteiger partial charge in [-0.1, -0.05) is 29.5 Å². The largest absolute Gasteiger partial charge is 0.347 e. The lowest BCUT2D eigenvalue weighted by molar-refractivity contribution is -0.137. The van der Waals surface area contributed by atoms with Gasteiger partial charge in [-0.05, 0) is 18.8 Å². The van der Waals surface area contributed by atoms with Gasteiger partial charge in [-0.2, -0.15) is 0 Å². The lowest BCUT2D eigenvalue weighted by Gasteiger charge is -2.21. The number of carbonyl (C=O) groups is 6. The summed E-state index contributed by atoms with van der Waals surface area (Å²) < 4.78 is 0. The molecule has 0 spiro atoms. The number of nitrogens with zero attached hydrogens (tertiary/aromatic N) is 1. The summed E-state index contributed by atoms with van der Waals surface area (Å²) in [5, 5.41) is 7.48. The minimum Gasteiger partial charge on any atom is -0.347 e. The van der Waals surface area contributed by atoms with Crippen LogP contribution in [0.1, 0.15) is 39.5 Å². The van der Waals surface area contributed by atoms with Crippen LogP contribution in [0.15, 0.2) is 12.2 Å². The number of nitrogens with one attached hydrogen (secondary N) is 3. The first-order valence-corrected chi connectivity index (χ1v) is 10.3. The highest BCUT2D eigenvalue weighted by molar-refractivity contribution is 7.40. The van der Waals surface area contributed by atoms with Crippen molar-refractivity contribution in [3.63, 3.8) is 0 Å². The van der Waals surface area contributed by atoms with Crippen LogP contribution in [0, 0.1) is 5.92 Å². The van der Waals surface area contributed by atoms with E-state index in [2.05, 4.69) is 16.0 Å². The van der Waals surface area contributed by atoms with Gasteiger partial charge in [0.15, 0.2) is 5.52 Å². The Kier molecular flexibility index (Phi) is 10.9. The summed E-state index contributed by atoms with van der Waals surface area (Å²) in [7, 11) is 1.95. The van der Waals surface area contributed by atoms with E-state index in [4.69, 9.17) is 0 Å². The molecule has 3 N–H and O–H groups in total. The summed E-state index contributed by atoms with van der Waals surface area (Å²) in [6.45, 7) is 3.42. The molecule has 0 saturated heterocycles. The highest BCUT2D eigenvalue weighted by Crippen LogP contribution is 2.07. The molecule has 166 valence electrons. The molecule has 0 aromatic heterocycles. The summed E-state index contributed by atoms with van der Waals surface area (Å²) in [4.78, 5) is 70.9. The second kappa shape index (κ2) is 12.8. The average Bonchev–Trinajstić information content (AvgIpc) is 3.00. The molecule has 30 heavy (non-hydrogen) atoms. The Labute approximate surface area is 177 Å². The molecule has 0 aliphatic carbocycles. The third-order valence-electron chi connectivity index (χ3n) is 4.33. The summed E-state index contributed by atoms with van der Waals surface area (Å²) in [5.74, 6) is -2.12. The van der Waals surface area contributed by atoms with Gasteiger partial charge < -0.3 is 16.0 Å². The Hall–Kier alpha value is -2.61. The molecule has 2 unspecified atom stereocenters. The van der Waals surface area contributed by atoms with Gasteiger partial charge in [0.2, 0.25) is 17.7 Å². The molecule has 1 aliphatic heterocycles. The van der Waals surface area contributed by atoms with E-state index in [0.29, 0.717) is 25.8 Å². The fraction of sp³-hybridized carbons (Fsp3) is 0.579. The Balaban J connectivity index is 2.23. The molecule has 1 aliphatic rings. The summed E-state index contributed by atoms with van der Waals surface area (Å²) in [6, 6.07) is -0.816. The Bertz CT molecular complexity index is 704. The first-order chi connectivity index (χ1) is 14.1. The molecule has 11 heteroatoms. The number of carbonyl (C=O) groups excluding carboxylic acids is 6. The van der Waals surface area contributed by atoms with Gasteiger partial charge in [-0.25, -0.2) is 0 Å². The number of amides is 5. The molecule has 0 aromatic carbocycles. The number of hydrogen-bond acceptors (Lipinski definition) is 6. The summed E-state index contributed by atoms with van der Waals surface area (Å²) >= 11 is 0. The molecule has 0 radical (unpaired) electrons. The maximum absolute atomic E-state index is 12.1. The molecule has 5 amide bonds. The zero-order valence-corrected chi connectivity index (χ0v) is 18.4. The average molecular weight is 440 g/mol. The van der Waals surface area contributed by atoms with Crippen LogP contribution < -0.4 is 16.0 Å². The Morgan fingerprint density at radius 2 is 1.57 bits per heavy atom. The molecule has 1 rings (SSSR count). The molecule has 2 atom stereocenters. The Morgan fingerprint density at radius 3 is 2.13 bits per heavy atom. The number of rotatable bonds is 13. The predicted molar refractivity (Wildman–Crippen MR) is 112 cm³/mol. The number of unbranched alkanes of at least 4 members (excludes halogenated alkanes) is 2. The van der Waals surface area contributed by atoms with Crippen molar-refractivity contribution >= 4 is 44.3 Å². The molecule has 0 fully saturated rings. The molecule has 1 heterocycles. The van der Waals surface area contributed by atoms with Crippen LogP contribution >= 0.6 is 9.24 Å². The minimum atomic E-state index is -0.816. The van der Waals surface area contributed by atoms with Crippen LogP contribution in [0.5, 0.6) is 0 Å². The first-order valence-electron chi connectivity index (χ1n) is 9.77. The SMILES string of the molecule is CC(C)C(NC(=O)CNC(=O)CCCCCN1C(=O)C=CC1=O)C(=O)NCC(=O)P. The van der Waals surface area contributed by atoms with Gasteiger partial charge >= 0.3 is 0 Å². The standard InChI is InChI=1S/C19H29N4O6P/c1-12(2)18(19(29)21-11-17(28)30)22-14(25)10-20-13(24)6-4-3-5-9-23-15(26)7-8-16(23)27/h7-8,12,18H,3-6,9-11,30H2,1-2H3,(H,20,24)(H,21,29)(H,22,25). The molecule has 0 saturated carbocycles. The van der Waals surface area contributed by atoms with E-state index in [1.807, 2.05) is 9.24 Å². The van der Waals surface area contributed by atoms with E-state index in [1.165, 1.54) is 12.2 Å². The van der Waals surface area contributed by atoms with E-state index in [-0.39, 0.29) is 48.7 Å². The van der Waals surface area contributed by atoms with E-state index in [0.717, 1.165) is 4.90 Å². The van der Waals surface area contributed by atoms with Crippen LogP contribution in [0.3, 0.4) is 0 Å². The predicted octanol–water partition coefficient (Wildman–Crippen LogP) is -0.753. The molecule has 0 aromatic rings. The molecular formula is C19H29N4O6P. The lowest BCUT2D eigenvalue weighted by atomic mass is 10.0. The molecular weight excluding hydrogens is 411 g/mol. The van der Waals surface area contributed by atoms with Gasteiger partial charge in [0.05, 0.1) is 13.1 Å². The highest BCUT2D eigenvalue weighted by atomic mass is 31.0. The fourth-order valence-electron chi connectivity index (χ4n) is 2.69. The van der Waals surface area contributed by atoms with E-state index in [1.54, 1.807) is 13.8 Å². The van der Waals surface area contributed by atoms with Crippen molar-refractivity contribution in [3.05, 3.63) is 12.2 Å². The zero-order chi connectivity index (χ0) is 22.7. The summed E-state index contributed by atoms with van der Waals surface area (Å²) in [5.41, 5.74) is -0.278. The van der Waals surface area contributed by atoms with Gasteiger partial charge in [-0.15, -0.1) is 0 Å². The fourth-order valence-corrected chi connectivity index (χ4v) is 2.80. The van der Waals surface area contributed by atoms with Crippen LogP contribution in [-0.2, 0) is 28.8 Å². The van der Waals surface area contributed by atoms with Crippen molar-refractivity contribution in [3.8, 4) is 0 Å². The third-order valence-corrected chi connectivity index (χ3v) is 4.54. The topological polar surface area (TPSA) is 142 Å². The van der Waals surface area contributed by atoms with Crippen molar-refractivity contribution in [1.29, 1.82) is 0 Å². The van der Waals surface area contributed by atoms with Gasteiger partial charge in [0, 0.05) is 25.1 Å². The van der Waals surface area contributed by atoms with Crippen LogP contribution in [0.2, 0.25) is 0 Å². The van der Waals surface area contributed by atoms with Crippen molar-refractivity contribution in [2.75, 3.05) is 19.6 Å². The smallest absolute Gasteiger partial charge is 0.253 e. The van der Waals surface area contributed by atoms with Gasteiger partial charge in [0.1, 0.15) is 6.04 Å². The normalized spacial score (nSPS) is 14.1. The Morgan fingerprint density at radius 1 is 0.933 bits per heavy atom. The van der Waals surface area contributed by atoms with Crippen molar-refractivity contribution in [2.45, 2.75) is 45.6 Å². The third kappa shape index (κ3) is 9.26. The van der Waals surface area contributed by atoms with Crippen molar-refractivity contribution in [1.82, 2.24) is 20.9 Å². The monoisotopic (exact) mass is 440 g/mol. The number of hydrogen-bond donors (Lipinski definition) is 3. The van der Waals surface area contributed by atoms with E-state index < -0.39 is 17.9 Å². The second-order valence-corrected chi connectivity index (χ2v) is 7.87. The molecule has 10 nitrogen and oxygen atoms in total. The second-order valence-electron chi connectivity index (χ2n) is 7.22. The lowest BCUT2D eigenvalue weighted by Crippen LogP contribution is -2.52. The van der Waals surface area contributed by atoms with E-state index in [9.17, 15) is 28.8 Å². The first kappa shape index (κ1) is 25.4. The minimum absolute atomic E-state index is 0.143. The van der Waals surface area contributed by atoms with Crippen molar-refractivity contribution < 1.29 is 28.8 Å².